The third-order valence-electron chi connectivity index (χ3n) is 3.15. The molecule has 1 aromatic rings. The van der Waals surface area contributed by atoms with E-state index in [0.29, 0.717) is 5.41 Å². The highest BCUT2D eigenvalue weighted by Gasteiger charge is 2.32. The summed E-state index contributed by atoms with van der Waals surface area (Å²) in [6, 6.07) is 0. The fourth-order valence-electron chi connectivity index (χ4n) is 2.03. The van der Waals surface area contributed by atoms with Gasteiger partial charge in [0.25, 0.3) is 0 Å². The zero-order valence-electron chi connectivity index (χ0n) is 9.46. The van der Waals surface area contributed by atoms with Gasteiger partial charge in [-0.25, -0.2) is 4.98 Å². The summed E-state index contributed by atoms with van der Waals surface area (Å²) < 4.78 is 0.960. The number of nitrogens with zero attached hydrogens (tertiary/aromatic N) is 2. The molecular weight excluding hydrogens is 272 g/mol. The van der Waals surface area contributed by atoms with E-state index in [0.717, 1.165) is 28.7 Å². The van der Waals surface area contributed by atoms with E-state index in [1.165, 1.54) is 6.42 Å². The minimum Gasteiger partial charge on any atom is -0.348 e. The lowest BCUT2D eigenvalue weighted by atomic mass is 9.80. The largest absolute Gasteiger partial charge is 0.348 e. The zero-order chi connectivity index (χ0) is 11.1. The van der Waals surface area contributed by atoms with Gasteiger partial charge in [0.15, 0.2) is 5.13 Å². The second-order valence-electron chi connectivity index (χ2n) is 5.25. The van der Waals surface area contributed by atoms with Gasteiger partial charge in [0, 0.05) is 18.5 Å². The maximum absolute atomic E-state index is 4.47. The first kappa shape index (κ1) is 11.4. The first-order valence-electron chi connectivity index (χ1n) is 5.33. The summed E-state index contributed by atoms with van der Waals surface area (Å²) in [6.45, 7) is 9.31. The molecule has 0 radical (unpaired) electrons. The van der Waals surface area contributed by atoms with Crippen LogP contribution < -0.4 is 4.90 Å². The van der Waals surface area contributed by atoms with Crippen molar-refractivity contribution < 1.29 is 0 Å². The van der Waals surface area contributed by atoms with E-state index < -0.39 is 0 Å². The Hall–Kier alpha value is -0.0900. The van der Waals surface area contributed by atoms with Crippen molar-refractivity contribution in [2.75, 3.05) is 18.0 Å². The molecular formula is C11H17BrN2S. The Balaban J connectivity index is 2.04. The monoisotopic (exact) mass is 288 g/mol. The summed E-state index contributed by atoms with van der Waals surface area (Å²) in [5, 5.41) is 3.22. The summed E-state index contributed by atoms with van der Waals surface area (Å²) in [5.41, 5.74) is 0.420. The third-order valence-corrected chi connectivity index (χ3v) is 4.76. The topological polar surface area (TPSA) is 16.1 Å². The number of thiazole rings is 1. The first-order valence-corrected chi connectivity index (χ1v) is 7.00. The van der Waals surface area contributed by atoms with Crippen LogP contribution in [0.25, 0.3) is 0 Å². The molecule has 1 saturated heterocycles. The Morgan fingerprint density at radius 2 is 2.27 bits per heavy atom. The van der Waals surface area contributed by atoms with Gasteiger partial charge < -0.3 is 4.90 Å². The fourth-order valence-corrected chi connectivity index (χ4v) is 3.32. The van der Waals surface area contributed by atoms with Crippen molar-refractivity contribution in [1.82, 2.24) is 4.98 Å². The molecule has 1 fully saturated rings. The maximum Gasteiger partial charge on any atom is 0.186 e. The average molecular weight is 289 g/mol. The Labute approximate surface area is 104 Å². The van der Waals surface area contributed by atoms with Crippen LogP contribution in [0.1, 0.15) is 27.2 Å². The van der Waals surface area contributed by atoms with E-state index in [2.05, 4.69) is 52.0 Å². The van der Waals surface area contributed by atoms with Crippen molar-refractivity contribution in [1.29, 1.82) is 0 Å². The number of anilines is 1. The molecule has 15 heavy (non-hydrogen) atoms. The SMILES string of the molecule is CC(C)(C)C1CCN(c2nc(Br)cs2)C1. The quantitative estimate of drug-likeness (QED) is 0.782. The van der Waals surface area contributed by atoms with Gasteiger partial charge in [-0.05, 0) is 33.7 Å². The van der Waals surface area contributed by atoms with Crippen molar-refractivity contribution in [2.45, 2.75) is 27.2 Å². The van der Waals surface area contributed by atoms with Crippen LogP contribution in [0.3, 0.4) is 0 Å². The molecule has 2 heterocycles. The smallest absolute Gasteiger partial charge is 0.186 e. The minimum absolute atomic E-state index is 0.420. The van der Waals surface area contributed by atoms with Crippen LogP contribution >= 0.6 is 27.3 Å². The standard InChI is InChI=1S/C11H17BrN2S/c1-11(2,3)8-4-5-14(6-8)10-13-9(12)7-15-10/h7-8H,4-6H2,1-3H3. The number of halogens is 1. The molecule has 84 valence electrons. The molecule has 0 aromatic carbocycles. The van der Waals surface area contributed by atoms with E-state index >= 15 is 0 Å². The summed E-state index contributed by atoms with van der Waals surface area (Å²) in [6.07, 6.45) is 1.29. The molecule has 1 aliphatic heterocycles. The molecule has 2 nitrogen and oxygen atoms in total. The van der Waals surface area contributed by atoms with E-state index in [4.69, 9.17) is 0 Å². The molecule has 0 N–H and O–H groups in total. The molecule has 1 aliphatic rings. The van der Waals surface area contributed by atoms with Crippen molar-refractivity contribution in [2.24, 2.45) is 11.3 Å². The van der Waals surface area contributed by atoms with Crippen molar-refractivity contribution in [3.8, 4) is 0 Å². The van der Waals surface area contributed by atoms with Gasteiger partial charge >= 0.3 is 0 Å². The normalized spacial score (nSPS) is 22.4. The maximum atomic E-state index is 4.47. The Bertz CT molecular complexity index is 343. The Morgan fingerprint density at radius 3 is 2.73 bits per heavy atom. The number of aromatic nitrogens is 1. The van der Waals surface area contributed by atoms with Crippen LogP contribution in [0.15, 0.2) is 9.98 Å². The number of hydrogen-bond donors (Lipinski definition) is 0. The highest BCUT2D eigenvalue weighted by molar-refractivity contribution is 9.10. The second kappa shape index (κ2) is 4.06. The van der Waals surface area contributed by atoms with E-state index in [1.807, 2.05) is 0 Å². The molecule has 4 heteroatoms. The molecule has 0 bridgehead atoms. The lowest BCUT2D eigenvalue weighted by Crippen LogP contribution is -2.25. The molecule has 2 rings (SSSR count). The summed E-state index contributed by atoms with van der Waals surface area (Å²) in [5.74, 6) is 0.792. The average Bonchev–Trinajstić information content (AvgIpc) is 2.69. The second-order valence-corrected chi connectivity index (χ2v) is 6.90. The summed E-state index contributed by atoms with van der Waals surface area (Å²) >= 11 is 5.13. The molecule has 1 unspecified atom stereocenters. The minimum atomic E-state index is 0.420. The summed E-state index contributed by atoms with van der Waals surface area (Å²) in [4.78, 5) is 6.88. The molecule has 1 aromatic heterocycles. The Morgan fingerprint density at radius 1 is 1.53 bits per heavy atom. The first-order chi connectivity index (χ1) is 6.97. The molecule has 0 saturated carbocycles. The van der Waals surface area contributed by atoms with Gasteiger partial charge in [-0.1, -0.05) is 20.8 Å². The van der Waals surface area contributed by atoms with Crippen molar-refractivity contribution in [3.05, 3.63) is 9.98 Å². The summed E-state index contributed by atoms with van der Waals surface area (Å²) in [7, 11) is 0. The molecule has 0 spiro atoms. The third kappa shape index (κ3) is 2.53. The van der Waals surface area contributed by atoms with Crippen molar-refractivity contribution in [3.63, 3.8) is 0 Å². The highest BCUT2D eigenvalue weighted by atomic mass is 79.9. The lowest BCUT2D eigenvalue weighted by molar-refractivity contribution is 0.263. The molecule has 0 aliphatic carbocycles. The van der Waals surface area contributed by atoms with Gasteiger partial charge in [0.1, 0.15) is 4.60 Å². The van der Waals surface area contributed by atoms with Crippen LogP contribution in [-0.4, -0.2) is 18.1 Å². The van der Waals surface area contributed by atoms with Crippen LogP contribution in [0.2, 0.25) is 0 Å². The van der Waals surface area contributed by atoms with Crippen LogP contribution in [-0.2, 0) is 0 Å². The Kier molecular flexibility index (Phi) is 3.08. The van der Waals surface area contributed by atoms with E-state index in [1.54, 1.807) is 11.3 Å². The highest BCUT2D eigenvalue weighted by Crippen LogP contribution is 2.36. The molecule has 1 atom stereocenters. The zero-order valence-corrected chi connectivity index (χ0v) is 11.9. The van der Waals surface area contributed by atoms with Crippen LogP contribution in [0.5, 0.6) is 0 Å². The van der Waals surface area contributed by atoms with Crippen LogP contribution in [0.4, 0.5) is 5.13 Å². The van der Waals surface area contributed by atoms with Gasteiger partial charge in [0.05, 0.1) is 0 Å². The lowest BCUT2D eigenvalue weighted by Gasteiger charge is -2.26. The number of rotatable bonds is 1. The van der Waals surface area contributed by atoms with E-state index in [-0.39, 0.29) is 0 Å². The predicted octanol–water partition coefficient (Wildman–Crippen LogP) is 3.78. The van der Waals surface area contributed by atoms with Crippen LogP contribution in [0, 0.1) is 11.3 Å². The molecule has 0 amide bonds. The van der Waals surface area contributed by atoms with Gasteiger partial charge in [0.2, 0.25) is 0 Å². The van der Waals surface area contributed by atoms with Gasteiger partial charge in [-0.3, -0.25) is 0 Å². The van der Waals surface area contributed by atoms with Gasteiger partial charge in [-0.15, -0.1) is 11.3 Å². The number of hydrogen-bond acceptors (Lipinski definition) is 3. The fraction of sp³-hybridized carbons (Fsp3) is 0.727. The van der Waals surface area contributed by atoms with Crippen molar-refractivity contribution >= 4 is 32.4 Å². The predicted molar refractivity (Wildman–Crippen MR) is 69.6 cm³/mol. The van der Waals surface area contributed by atoms with Gasteiger partial charge in [-0.2, -0.15) is 0 Å². The van der Waals surface area contributed by atoms with E-state index in [9.17, 15) is 0 Å².